The van der Waals surface area contributed by atoms with E-state index in [2.05, 4.69) is 44.4 Å². The zero-order valence-electron chi connectivity index (χ0n) is 19.1. The third-order valence-electron chi connectivity index (χ3n) is 5.65. The highest BCUT2D eigenvalue weighted by atomic mass is 16.6. The smallest absolute Gasteiger partial charge is 0.343 e. The standard InChI is InChI=1S/C27H27N3O4/c1-33-26(31)19-34-25-8-4-5-21(15-25)16-28-29-27(32)23-11-9-20(10-12-23)17-30-14-13-22-6-2-3-7-24(22)18-30/h2-12,15-16H,13-14,17-19H2,1H3,(H,29,32)/b28-16+. The number of amides is 1. The number of nitrogens with one attached hydrogen (secondary N) is 1. The SMILES string of the molecule is COC(=O)COc1cccc(/C=N/NC(=O)c2ccc(CN3CCc4ccccc4C3)cc2)c1. The molecule has 1 aliphatic heterocycles. The van der Waals surface area contributed by atoms with Gasteiger partial charge >= 0.3 is 5.97 Å². The van der Waals surface area contributed by atoms with Crippen LogP contribution in [-0.4, -0.2) is 43.3 Å². The van der Waals surface area contributed by atoms with E-state index >= 15 is 0 Å². The lowest BCUT2D eigenvalue weighted by Crippen LogP contribution is -2.30. The Bertz CT molecular complexity index is 1170. The summed E-state index contributed by atoms with van der Waals surface area (Å²) in [5.41, 5.74) is 7.81. The first-order chi connectivity index (χ1) is 16.6. The maximum Gasteiger partial charge on any atom is 0.343 e. The third kappa shape index (κ3) is 6.30. The number of rotatable bonds is 8. The van der Waals surface area contributed by atoms with Gasteiger partial charge in [-0.3, -0.25) is 9.69 Å². The minimum atomic E-state index is -0.460. The Morgan fingerprint density at radius 3 is 2.62 bits per heavy atom. The molecule has 0 saturated carbocycles. The molecule has 0 saturated heterocycles. The molecule has 174 valence electrons. The summed E-state index contributed by atoms with van der Waals surface area (Å²) in [6, 6.07) is 23.2. The minimum Gasteiger partial charge on any atom is -0.482 e. The largest absolute Gasteiger partial charge is 0.482 e. The van der Waals surface area contributed by atoms with E-state index in [1.54, 1.807) is 18.2 Å². The fraction of sp³-hybridized carbons (Fsp3) is 0.222. The molecule has 0 bridgehead atoms. The molecule has 3 aromatic carbocycles. The van der Waals surface area contributed by atoms with Crippen molar-refractivity contribution >= 4 is 18.1 Å². The Labute approximate surface area is 199 Å². The lowest BCUT2D eigenvalue weighted by molar-refractivity contribution is -0.142. The first-order valence-corrected chi connectivity index (χ1v) is 11.1. The number of hydrogen-bond acceptors (Lipinski definition) is 6. The van der Waals surface area contributed by atoms with Crippen molar-refractivity contribution in [2.75, 3.05) is 20.3 Å². The summed E-state index contributed by atoms with van der Waals surface area (Å²) < 4.78 is 9.91. The molecule has 0 fully saturated rings. The van der Waals surface area contributed by atoms with Crippen LogP contribution in [0.3, 0.4) is 0 Å². The molecule has 1 N–H and O–H groups in total. The van der Waals surface area contributed by atoms with Gasteiger partial charge in [0.15, 0.2) is 6.61 Å². The Morgan fingerprint density at radius 1 is 1.03 bits per heavy atom. The van der Waals surface area contributed by atoms with Crippen LogP contribution in [0.5, 0.6) is 5.75 Å². The number of ether oxygens (including phenoxy) is 2. The van der Waals surface area contributed by atoms with E-state index in [1.807, 2.05) is 30.3 Å². The molecule has 0 spiro atoms. The van der Waals surface area contributed by atoms with Crippen LogP contribution < -0.4 is 10.2 Å². The molecule has 0 aromatic heterocycles. The predicted octanol–water partition coefficient (Wildman–Crippen LogP) is 3.56. The van der Waals surface area contributed by atoms with Crippen molar-refractivity contribution in [3.63, 3.8) is 0 Å². The number of fused-ring (bicyclic) bond motifs is 1. The lowest BCUT2D eigenvalue weighted by Gasteiger charge is -2.28. The second-order valence-corrected chi connectivity index (χ2v) is 8.06. The molecule has 1 amide bonds. The molecular formula is C27H27N3O4. The molecule has 1 aliphatic rings. The van der Waals surface area contributed by atoms with Gasteiger partial charge in [-0.1, -0.05) is 48.5 Å². The normalized spacial score (nSPS) is 13.3. The van der Waals surface area contributed by atoms with Crippen molar-refractivity contribution in [3.05, 3.63) is 101 Å². The quantitative estimate of drug-likeness (QED) is 0.318. The first-order valence-electron chi connectivity index (χ1n) is 11.1. The van der Waals surface area contributed by atoms with Crippen molar-refractivity contribution in [1.82, 2.24) is 10.3 Å². The highest BCUT2D eigenvalue weighted by Gasteiger charge is 2.16. The van der Waals surface area contributed by atoms with E-state index in [0.717, 1.165) is 31.6 Å². The topological polar surface area (TPSA) is 80.2 Å². The summed E-state index contributed by atoms with van der Waals surface area (Å²) in [7, 11) is 1.30. The molecular weight excluding hydrogens is 430 g/mol. The molecule has 1 heterocycles. The van der Waals surface area contributed by atoms with Gasteiger partial charge in [0.1, 0.15) is 5.75 Å². The fourth-order valence-electron chi connectivity index (χ4n) is 3.82. The van der Waals surface area contributed by atoms with Gasteiger partial charge in [0, 0.05) is 25.2 Å². The number of carbonyl (C=O) groups is 2. The zero-order valence-corrected chi connectivity index (χ0v) is 19.1. The zero-order chi connectivity index (χ0) is 23.8. The number of benzene rings is 3. The Kier molecular flexibility index (Phi) is 7.67. The molecule has 0 atom stereocenters. The molecule has 4 rings (SSSR count). The molecule has 7 heteroatoms. The molecule has 0 radical (unpaired) electrons. The Balaban J connectivity index is 1.28. The Hall–Kier alpha value is -3.97. The fourth-order valence-corrected chi connectivity index (χ4v) is 3.82. The van der Waals surface area contributed by atoms with Crippen LogP contribution in [0.1, 0.15) is 32.6 Å². The van der Waals surface area contributed by atoms with Crippen LogP contribution in [0.25, 0.3) is 0 Å². The maximum atomic E-state index is 12.4. The van der Waals surface area contributed by atoms with Crippen molar-refractivity contribution in [1.29, 1.82) is 0 Å². The van der Waals surface area contributed by atoms with E-state index in [0.29, 0.717) is 11.3 Å². The third-order valence-corrected chi connectivity index (χ3v) is 5.65. The van der Waals surface area contributed by atoms with Crippen LogP contribution in [0.4, 0.5) is 0 Å². The Morgan fingerprint density at radius 2 is 1.82 bits per heavy atom. The highest BCUT2D eigenvalue weighted by Crippen LogP contribution is 2.20. The van der Waals surface area contributed by atoms with Crippen LogP contribution >= 0.6 is 0 Å². The minimum absolute atomic E-state index is 0.172. The second-order valence-electron chi connectivity index (χ2n) is 8.06. The lowest BCUT2D eigenvalue weighted by atomic mass is 9.99. The average Bonchev–Trinajstić information content (AvgIpc) is 2.88. The van der Waals surface area contributed by atoms with Crippen LogP contribution in [0, 0.1) is 0 Å². The number of carbonyl (C=O) groups excluding carboxylic acids is 2. The number of esters is 1. The summed E-state index contributed by atoms with van der Waals surface area (Å²) >= 11 is 0. The summed E-state index contributed by atoms with van der Waals surface area (Å²) in [6.45, 7) is 2.66. The average molecular weight is 458 g/mol. The second kappa shape index (κ2) is 11.2. The van der Waals surface area contributed by atoms with Crippen molar-refractivity contribution in [2.24, 2.45) is 5.10 Å². The monoisotopic (exact) mass is 457 g/mol. The van der Waals surface area contributed by atoms with E-state index in [9.17, 15) is 9.59 Å². The van der Waals surface area contributed by atoms with Gasteiger partial charge < -0.3 is 9.47 Å². The number of hydrogen-bond donors (Lipinski definition) is 1. The molecule has 7 nitrogen and oxygen atoms in total. The van der Waals surface area contributed by atoms with E-state index < -0.39 is 5.97 Å². The number of hydrazone groups is 1. The van der Waals surface area contributed by atoms with Crippen molar-refractivity contribution < 1.29 is 19.1 Å². The molecule has 34 heavy (non-hydrogen) atoms. The van der Waals surface area contributed by atoms with Gasteiger partial charge in [-0.2, -0.15) is 5.10 Å². The van der Waals surface area contributed by atoms with Crippen molar-refractivity contribution in [3.8, 4) is 5.75 Å². The number of nitrogens with zero attached hydrogens (tertiary/aromatic N) is 2. The van der Waals surface area contributed by atoms with Crippen LogP contribution in [0.2, 0.25) is 0 Å². The van der Waals surface area contributed by atoms with E-state index in [1.165, 1.54) is 30.0 Å². The summed E-state index contributed by atoms with van der Waals surface area (Å²) in [6.07, 6.45) is 2.58. The van der Waals surface area contributed by atoms with Gasteiger partial charge in [0.25, 0.3) is 5.91 Å². The first kappa shape index (κ1) is 23.2. The predicted molar refractivity (Wildman–Crippen MR) is 130 cm³/mol. The number of methoxy groups -OCH3 is 1. The van der Waals surface area contributed by atoms with Gasteiger partial charge in [-0.15, -0.1) is 0 Å². The summed E-state index contributed by atoms with van der Waals surface area (Å²) in [4.78, 5) is 26.1. The summed E-state index contributed by atoms with van der Waals surface area (Å²) in [5, 5.41) is 4.03. The van der Waals surface area contributed by atoms with Crippen LogP contribution in [-0.2, 0) is 29.0 Å². The van der Waals surface area contributed by atoms with Gasteiger partial charge in [-0.05, 0) is 52.9 Å². The van der Waals surface area contributed by atoms with E-state index in [4.69, 9.17) is 4.74 Å². The molecule has 0 aliphatic carbocycles. The molecule has 0 unspecified atom stereocenters. The summed E-state index contributed by atoms with van der Waals surface area (Å²) in [5.74, 6) is -0.236. The van der Waals surface area contributed by atoms with Crippen LogP contribution in [0.15, 0.2) is 77.9 Å². The maximum absolute atomic E-state index is 12.4. The van der Waals surface area contributed by atoms with E-state index in [-0.39, 0.29) is 12.5 Å². The van der Waals surface area contributed by atoms with Crippen molar-refractivity contribution in [2.45, 2.75) is 19.5 Å². The highest BCUT2D eigenvalue weighted by molar-refractivity contribution is 5.94. The van der Waals surface area contributed by atoms with Gasteiger partial charge in [-0.25, -0.2) is 10.2 Å². The van der Waals surface area contributed by atoms with Gasteiger partial charge in [0.05, 0.1) is 13.3 Å². The molecule has 3 aromatic rings. The van der Waals surface area contributed by atoms with Gasteiger partial charge in [0.2, 0.25) is 0 Å².